The summed E-state index contributed by atoms with van der Waals surface area (Å²) in [6, 6.07) is 21.0. The molecule has 40 heavy (non-hydrogen) atoms. The van der Waals surface area contributed by atoms with Crippen molar-refractivity contribution >= 4 is 20.9 Å². The van der Waals surface area contributed by atoms with Crippen molar-refractivity contribution in [2.75, 3.05) is 13.1 Å². The molecule has 3 unspecified atom stereocenters. The summed E-state index contributed by atoms with van der Waals surface area (Å²) in [5.74, 6) is 0.105. The van der Waals surface area contributed by atoms with Gasteiger partial charge in [0.05, 0.1) is 23.6 Å². The van der Waals surface area contributed by atoms with Crippen LogP contribution in [0.2, 0.25) is 0 Å². The van der Waals surface area contributed by atoms with Crippen LogP contribution in [0, 0.1) is 18.7 Å². The lowest BCUT2D eigenvalue weighted by Crippen LogP contribution is -2.34. The minimum absolute atomic E-state index is 0.165. The molecule has 1 aliphatic heterocycles. The summed E-state index contributed by atoms with van der Waals surface area (Å²) in [6.45, 7) is 5.70. The molecule has 7 nitrogen and oxygen atoms in total. The van der Waals surface area contributed by atoms with Crippen LogP contribution in [0.25, 0.3) is 16.6 Å². The van der Waals surface area contributed by atoms with E-state index in [1.165, 1.54) is 23.9 Å². The summed E-state index contributed by atoms with van der Waals surface area (Å²) in [5, 5.41) is 9.85. The number of hydrogen-bond donors (Lipinski definition) is 0. The van der Waals surface area contributed by atoms with Gasteiger partial charge in [-0.3, -0.25) is 4.68 Å². The van der Waals surface area contributed by atoms with Gasteiger partial charge >= 0.3 is 0 Å². The van der Waals surface area contributed by atoms with Crippen LogP contribution in [0.4, 0.5) is 4.39 Å². The molecule has 1 saturated heterocycles. The topological polar surface area (TPSA) is 73.0 Å². The first kappa shape index (κ1) is 25.2. The SMILES string of the molecule is CCCn1cc(S(=O)(=O)N2CC3C(c4ccccc4)C3(c3cc4cnn(-c5ccc(F)cc5)c4cc3C)C2)cn1. The zero-order valence-corrected chi connectivity index (χ0v) is 23.2. The van der Waals surface area contributed by atoms with Crippen molar-refractivity contribution in [3.8, 4) is 5.69 Å². The van der Waals surface area contributed by atoms with Crippen molar-refractivity contribution in [1.82, 2.24) is 23.9 Å². The number of fused-ring (bicyclic) bond motifs is 2. The molecule has 7 rings (SSSR count). The van der Waals surface area contributed by atoms with E-state index in [0.29, 0.717) is 19.6 Å². The number of benzene rings is 3. The van der Waals surface area contributed by atoms with Gasteiger partial charge in [0.15, 0.2) is 0 Å². The summed E-state index contributed by atoms with van der Waals surface area (Å²) in [4.78, 5) is 0.251. The van der Waals surface area contributed by atoms with Gasteiger partial charge in [0.25, 0.3) is 0 Å². The highest BCUT2D eigenvalue weighted by atomic mass is 32.2. The van der Waals surface area contributed by atoms with E-state index in [1.54, 1.807) is 27.3 Å². The van der Waals surface area contributed by atoms with Gasteiger partial charge in [-0.15, -0.1) is 0 Å². The largest absolute Gasteiger partial charge is 0.271 e. The third-order valence-corrected chi connectivity index (χ3v) is 10.5. The number of sulfonamides is 1. The molecule has 0 spiro atoms. The van der Waals surface area contributed by atoms with Gasteiger partial charge in [-0.1, -0.05) is 37.3 Å². The van der Waals surface area contributed by atoms with Gasteiger partial charge in [0.1, 0.15) is 10.7 Å². The normalized spacial score (nSPS) is 22.6. The first-order valence-electron chi connectivity index (χ1n) is 13.7. The zero-order valence-electron chi connectivity index (χ0n) is 22.4. The number of hydrogen-bond acceptors (Lipinski definition) is 4. The Morgan fingerprint density at radius 1 is 1.02 bits per heavy atom. The van der Waals surface area contributed by atoms with Crippen molar-refractivity contribution in [2.45, 2.75) is 43.0 Å². The summed E-state index contributed by atoms with van der Waals surface area (Å²) in [6.07, 6.45) is 5.83. The first-order chi connectivity index (χ1) is 19.3. The molecule has 0 amide bonds. The van der Waals surface area contributed by atoms with Gasteiger partial charge < -0.3 is 0 Å². The Balaban J connectivity index is 1.30. The van der Waals surface area contributed by atoms with E-state index >= 15 is 0 Å². The molecule has 2 aliphatic rings. The van der Waals surface area contributed by atoms with E-state index in [4.69, 9.17) is 0 Å². The van der Waals surface area contributed by atoms with Crippen LogP contribution < -0.4 is 0 Å². The molecule has 9 heteroatoms. The van der Waals surface area contributed by atoms with Crippen molar-refractivity contribution in [1.29, 1.82) is 0 Å². The van der Waals surface area contributed by atoms with E-state index in [9.17, 15) is 12.8 Å². The van der Waals surface area contributed by atoms with E-state index in [-0.39, 0.29) is 28.0 Å². The van der Waals surface area contributed by atoms with Crippen LogP contribution in [0.3, 0.4) is 0 Å². The third-order valence-electron chi connectivity index (χ3n) is 8.69. The predicted octanol–water partition coefficient (Wildman–Crippen LogP) is 5.44. The zero-order chi connectivity index (χ0) is 27.6. The Labute approximate surface area is 232 Å². The standard InChI is InChI=1S/C31H30FN5O2S/c1-3-13-35-18-26(17-33-35)40(38,39)36-19-28-30(22-7-5-4-6-8-22)31(28,20-36)27-15-23-16-34-37(29(23)14-21(27)2)25-11-9-24(32)10-12-25/h4-12,14-18,28,30H,3,13,19-20H2,1-2H3. The molecule has 0 bridgehead atoms. The fourth-order valence-electron chi connectivity index (χ4n) is 6.85. The van der Waals surface area contributed by atoms with Crippen molar-refractivity contribution < 1.29 is 12.8 Å². The molecule has 204 valence electrons. The summed E-state index contributed by atoms with van der Waals surface area (Å²) >= 11 is 0. The Morgan fingerprint density at radius 2 is 1.80 bits per heavy atom. The van der Waals surface area contributed by atoms with E-state index < -0.39 is 10.0 Å². The monoisotopic (exact) mass is 555 g/mol. The van der Waals surface area contributed by atoms with Gasteiger partial charge in [0.2, 0.25) is 10.0 Å². The summed E-state index contributed by atoms with van der Waals surface area (Å²) in [5.41, 5.74) is 4.89. The number of aromatic nitrogens is 4. The molecule has 0 radical (unpaired) electrons. The lowest BCUT2D eigenvalue weighted by atomic mass is 9.87. The van der Waals surface area contributed by atoms with Crippen LogP contribution in [-0.2, 0) is 22.0 Å². The van der Waals surface area contributed by atoms with Crippen molar-refractivity contribution in [3.05, 3.63) is 108 Å². The smallest absolute Gasteiger partial charge is 0.246 e. The lowest BCUT2D eigenvalue weighted by molar-refractivity contribution is 0.421. The molecular weight excluding hydrogens is 525 g/mol. The summed E-state index contributed by atoms with van der Waals surface area (Å²) in [7, 11) is -3.68. The molecule has 2 fully saturated rings. The third kappa shape index (κ3) is 3.75. The maximum Gasteiger partial charge on any atom is 0.246 e. The van der Waals surface area contributed by atoms with Crippen LogP contribution in [-0.4, -0.2) is 45.4 Å². The highest BCUT2D eigenvalue weighted by molar-refractivity contribution is 7.89. The molecule has 3 atom stereocenters. The average Bonchev–Trinajstić information content (AvgIpc) is 3.40. The summed E-state index contributed by atoms with van der Waals surface area (Å²) < 4.78 is 46.2. The van der Waals surface area contributed by atoms with Gasteiger partial charge in [-0.2, -0.15) is 14.5 Å². The molecular formula is C31H30FN5O2S. The number of rotatable bonds is 7. The first-order valence-corrected chi connectivity index (χ1v) is 15.1. The van der Waals surface area contributed by atoms with Crippen LogP contribution in [0.15, 0.2) is 90.2 Å². The second kappa shape index (κ2) is 9.11. The van der Waals surface area contributed by atoms with E-state index in [0.717, 1.165) is 34.1 Å². The Kier molecular flexibility index (Phi) is 5.73. The van der Waals surface area contributed by atoms with Crippen LogP contribution >= 0.6 is 0 Å². The lowest BCUT2D eigenvalue weighted by Gasteiger charge is -2.25. The van der Waals surface area contributed by atoms with Crippen molar-refractivity contribution in [3.63, 3.8) is 0 Å². The van der Waals surface area contributed by atoms with Crippen LogP contribution in [0.5, 0.6) is 0 Å². The second-order valence-corrected chi connectivity index (χ2v) is 13.0. The second-order valence-electron chi connectivity index (χ2n) is 11.0. The molecule has 5 aromatic rings. The fraction of sp³-hybridized carbons (Fsp3) is 0.290. The van der Waals surface area contributed by atoms with Gasteiger partial charge in [-0.05, 0) is 72.4 Å². The minimum atomic E-state index is -3.68. The minimum Gasteiger partial charge on any atom is -0.271 e. The number of nitrogens with zero attached hydrogens (tertiary/aromatic N) is 5. The molecule has 1 saturated carbocycles. The number of aryl methyl sites for hydroxylation is 2. The average molecular weight is 556 g/mol. The number of piperidine rings is 1. The van der Waals surface area contributed by atoms with Gasteiger partial charge in [0, 0.05) is 42.6 Å². The molecule has 3 heterocycles. The molecule has 0 N–H and O–H groups in total. The highest BCUT2D eigenvalue weighted by Crippen LogP contribution is 2.70. The maximum atomic E-state index is 13.7. The molecule has 1 aliphatic carbocycles. The molecule has 3 aromatic carbocycles. The van der Waals surface area contributed by atoms with Gasteiger partial charge in [-0.25, -0.2) is 17.5 Å². The quantitative estimate of drug-likeness (QED) is 0.268. The van der Waals surface area contributed by atoms with Crippen molar-refractivity contribution in [2.24, 2.45) is 5.92 Å². The van der Waals surface area contributed by atoms with Crippen LogP contribution in [0.1, 0.15) is 36.0 Å². The highest BCUT2D eigenvalue weighted by Gasteiger charge is 2.71. The number of halogens is 1. The Hall–Kier alpha value is -3.82. The maximum absolute atomic E-state index is 13.7. The predicted molar refractivity (Wildman–Crippen MR) is 151 cm³/mol. The molecule has 2 aromatic heterocycles. The fourth-order valence-corrected chi connectivity index (χ4v) is 8.32. The van der Waals surface area contributed by atoms with E-state index in [2.05, 4.69) is 53.5 Å². The Bertz CT molecular complexity index is 1830. The Morgan fingerprint density at radius 3 is 2.55 bits per heavy atom. The van der Waals surface area contributed by atoms with E-state index in [1.807, 2.05) is 23.9 Å².